The van der Waals surface area contributed by atoms with Gasteiger partial charge in [0.2, 0.25) is 0 Å². The summed E-state index contributed by atoms with van der Waals surface area (Å²) in [6.45, 7) is 10.2. The first kappa shape index (κ1) is 13.7. The summed E-state index contributed by atoms with van der Waals surface area (Å²) in [5, 5.41) is 4.47. The van der Waals surface area contributed by atoms with E-state index in [4.69, 9.17) is 4.74 Å². The second-order valence-electron chi connectivity index (χ2n) is 5.55. The molecule has 1 heterocycles. The Balaban J connectivity index is 2.63. The molecule has 1 aliphatic rings. The Labute approximate surface area is 102 Å². The fraction of sp³-hybridized carbons (Fsp3) is 0.909. The SMILES string of the molecule is CC1CN(C(=O)OC(C)(C)C)CC(C)N1N=O. The topological polar surface area (TPSA) is 62.2 Å². The molecule has 1 amide bonds. The average molecular weight is 243 g/mol. The van der Waals surface area contributed by atoms with Gasteiger partial charge < -0.3 is 9.64 Å². The Morgan fingerprint density at radius 1 is 1.24 bits per heavy atom. The Hall–Kier alpha value is -1.33. The van der Waals surface area contributed by atoms with Gasteiger partial charge in [-0.05, 0) is 34.6 Å². The molecule has 1 fully saturated rings. The zero-order valence-corrected chi connectivity index (χ0v) is 11.1. The first-order valence-corrected chi connectivity index (χ1v) is 5.84. The Kier molecular flexibility index (Phi) is 3.95. The standard InChI is InChI=1S/C11H21N3O3/c1-8-6-13(7-9(2)14(8)12-16)10(15)17-11(3,4)5/h8-9H,6-7H2,1-5H3. The first-order chi connectivity index (χ1) is 7.74. The highest BCUT2D eigenvalue weighted by molar-refractivity contribution is 5.68. The molecule has 1 saturated heterocycles. The van der Waals surface area contributed by atoms with Crippen molar-refractivity contribution in [1.29, 1.82) is 0 Å². The van der Waals surface area contributed by atoms with E-state index in [1.54, 1.807) is 4.90 Å². The van der Waals surface area contributed by atoms with E-state index in [2.05, 4.69) is 5.29 Å². The van der Waals surface area contributed by atoms with Crippen LogP contribution in [-0.4, -0.2) is 46.8 Å². The minimum Gasteiger partial charge on any atom is -0.444 e. The van der Waals surface area contributed by atoms with Crippen molar-refractivity contribution in [2.75, 3.05) is 13.1 Å². The van der Waals surface area contributed by atoms with Gasteiger partial charge in [0, 0.05) is 13.1 Å². The van der Waals surface area contributed by atoms with Crippen molar-refractivity contribution in [2.45, 2.75) is 52.3 Å². The van der Waals surface area contributed by atoms with Crippen LogP contribution in [0.5, 0.6) is 0 Å². The summed E-state index contributed by atoms with van der Waals surface area (Å²) in [7, 11) is 0. The van der Waals surface area contributed by atoms with Crippen LogP contribution in [0.4, 0.5) is 4.79 Å². The molecule has 6 heteroatoms. The maximum Gasteiger partial charge on any atom is 0.410 e. The molecule has 17 heavy (non-hydrogen) atoms. The van der Waals surface area contributed by atoms with E-state index in [0.29, 0.717) is 13.1 Å². The number of rotatable bonds is 1. The number of nitrogens with zero attached hydrogens (tertiary/aromatic N) is 3. The fourth-order valence-electron chi connectivity index (χ4n) is 1.95. The van der Waals surface area contributed by atoms with Crippen LogP contribution in [0.2, 0.25) is 0 Å². The summed E-state index contributed by atoms with van der Waals surface area (Å²) >= 11 is 0. The lowest BCUT2D eigenvalue weighted by atomic mass is 10.1. The molecule has 0 aromatic heterocycles. The number of amides is 1. The summed E-state index contributed by atoms with van der Waals surface area (Å²) in [6.07, 6.45) is -0.332. The van der Waals surface area contributed by atoms with Gasteiger partial charge in [-0.1, -0.05) is 0 Å². The van der Waals surface area contributed by atoms with E-state index < -0.39 is 5.60 Å². The van der Waals surface area contributed by atoms with Crippen LogP contribution in [0.3, 0.4) is 0 Å². The molecule has 2 unspecified atom stereocenters. The van der Waals surface area contributed by atoms with Crippen molar-refractivity contribution in [2.24, 2.45) is 5.29 Å². The first-order valence-electron chi connectivity index (χ1n) is 5.84. The van der Waals surface area contributed by atoms with Gasteiger partial charge >= 0.3 is 6.09 Å². The third-order valence-electron chi connectivity index (χ3n) is 2.62. The van der Waals surface area contributed by atoms with Crippen LogP contribution in [0.25, 0.3) is 0 Å². The van der Waals surface area contributed by atoms with Crippen LogP contribution in [0.1, 0.15) is 34.6 Å². The van der Waals surface area contributed by atoms with Crippen molar-refractivity contribution < 1.29 is 9.53 Å². The van der Waals surface area contributed by atoms with Gasteiger partial charge in [-0.15, -0.1) is 4.91 Å². The van der Waals surface area contributed by atoms with Gasteiger partial charge in [0.1, 0.15) is 5.60 Å². The van der Waals surface area contributed by atoms with Gasteiger partial charge in [0.25, 0.3) is 0 Å². The van der Waals surface area contributed by atoms with E-state index in [-0.39, 0.29) is 18.2 Å². The Morgan fingerprint density at radius 2 is 1.71 bits per heavy atom. The molecule has 2 atom stereocenters. The summed E-state index contributed by atoms with van der Waals surface area (Å²) in [4.78, 5) is 24.1. The minimum absolute atomic E-state index is 0.0798. The molecule has 98 valence electrons. The molecule has 0 aromatic rings. The van der Waals surface area contributed by atoms with E-state index in [1.165, 1.54) is 5.01 Å². The normalized spacial score (nSPS) is 25.7. The van der Waals surface area contributed by atoms with Crippen LogP contribution < -0.4 is 0 Å². The molecule has 1 aliphatic heterocycles. The highest BCUT2D eigenvalue weighted by Gasteiger charge is 2.34. The van der Waals surface area contributed by atoms with Crippen molar-refractivity contribution in [3.8, 4) is 0 Å². The molecule has 1 rings (SSSR count). The number of ether oxygens (including phenoxy) is 1. The molecule has 0 aromatic carbocycles. The number of nitroso groups, excluding NO2 is 1. The van der Waals surface area contributed by atoms with Gasteiger partial charge in [-0.3, -0.25) is 5.01 Å². The molecular formula is C11H21N3O3. The predicted octanol–water partition coefficient (Wildman–Crippen LogP) is 2.00. The van der Waals surface area contributed by atoms with Gasteiger partial charge in [-0.25, -0.2) is 4.79 Å². The van der Waals surface area contributed by atoms with Gasteiger partial charge in [-0.2, -0.15) is 0 Å². The zero-order chi connectivity index (χ0) is 13.2. The van der Waals surface area contributed by atoms with Crippen LogP contribution >= 0.6 is 0 Å². The highest BCUT2D eigenvalue weighted by atomic mass is 16.6. The number of hydrogen-bond acceptors (Lipinski definition) is 4. The smallest absolute Gasteiger partial charge is 0.410 e. The Morgan fingerprint density at radius 3 is 2.06 bits per heavy atom. The number of hydrogen-bond donors (Lipinski definition) is 0. The monoisotopic (exact) mass is 243 g/mol. The molecule has 0 aliphatic carbocycles. The summed E-state index contributed by atoms with van der Waals surface area (Å²) < 4.78 is 5.30. The Bertz CT molecular complexity index is 289. The van der Waals surface area contributed by atoms with E-state index >= 15 is 0 Å². The third-order valence-corrected chi connectivity index (χ3v) is 2.62. The van der Waals surface area contributed by atoms with E-state index in [1.807, 2.05) is 34.6 Å². The average Bonchev–Trinajstić information content (AvgIpc) is 2.14. The second-order valence-corrected chi connectivity index (χ2v) is 5.55. The van der Waals surface area contributed by atoms with Crippen LogP contribution in [0, 0.1) is 4.91 Å². The molecule has 0 bridgehead atoms. The van der Waals surface area contributed by atoms with Crippen molar-refractivity contribution in [3.05, 3.63) is 4.91 Å². The predicted molar refractivity (Wildman–Crippen MR) is 64.4 cm³/mol. The lowest BCUT2D eigenvalue weighted by Gasteiger charge is -2.40. The molecule has 0 spiro atoms. The fourth-order valence-corrected chi connectivity index (χ4v) is 1.95. The quantitative estimate of drug-likeness (QED) is 0.661. The maximum atomic E-state index is 11.9. The van der Waals surface area contributed by atoms with Crippen molar-refractivity contribution in [3.63, 3.8) is 0 Å². The molecule has 6 nitrogen and oxygen atoms in total. The van der Waals surface area contributed by atoms with Crippen molar-refractivity contribution >= 4 is 6.09 Å². The lowest BCUT2D eigenvalue weighted by molar-refractivity contribution is -0.00741. The number of carbonyl (C=O) groups is 1. The van der Waals surface area contributed by atoms with E-state index in [0.717, 1.165) is 0 Å². The molecular weight excluding hydrogens is 222 g/mol. The zero-order valence-electron chi connectivity index (χ0n) is 11.1. The highest BCUT2D eigenvalue weighted by Crippen LogP contribution is 2.18. The molecule has 0 radical (unpaired) electrons. The second kappa shape index (κ2) is 4.89. The summed E-state index contributed by atoms with van der Waals surface area (Å²) in [6, 6.07) is -0.160. The molecule has 0 saturated carbocycles. The maximum absolute atomic E-state index is 11.9. The lowest BCUT2D eigenvalue weighted by Crippen LogP contribution is -2.56. The van der Waals surface area contributed by atoms with Gasteiger partial charge in [0.05, 0.1) is 17.4 Å². The number of carbonyl (C=O) groups excluding carboxylic acids is 1. The third kappa shape index (κ3) is 3.57. The van der Waals surface area contributed by atoms with E-state index in [9.17, 15) is 9.70 Å². The summed E-state index contributed by atoms with van der Waals surface area (Å²) in [5.41, 5.74) is -0.496. The largest absolute Gasteiger partial charge is 0.444 e. The van der Waals surface area contributed by atoms with Crippen LogP contribution in [-0.2, 0) is 4.74 Å². The minimum atomic E-state index is -0.496. The van der Waals surface area contributed by atoms with Crippen molar-refractivity contribution in [1.82, 2.24) is 9.91 Å². The molecule has 0 N–H and O–H groups in total. The van der Waals surface area contributed by atoms with Gasteiger partial charge in [0.15, 0.2) is 0 Å². The van der Waals surface area contributed by atoms with Crippen LogP contribution in [0.15, 0.2) is 5.29 Å². The summed E-state index contributed by atoms with van der Waals surface area (Å²) in [5.74, 6) is 0. The number of piperazine rings is 1.